The minimum atomic E-state index is -2.12. The number of aromatic nitrogens is 2. The van der Waals surface area contributed by atoms with Crippen molar-refractivity contribution in [3.05, 3.63) is 221 Å². The average Bonchev–Trinajstić information content (AvgIpc) is 4.10. The van der Waals surface area contributed by atoms with Crippen molar-refractivity contribution in [1.82, 2.24) is 9.55 Å². The Hall–Kier alpha value is -6.13. The van der Waals surface area contributed by atoms with Crippen LogP contribution in [0.15, 0.2) is 198 Å². The van der Waals surface area contributed by atoms with Crippen LogP contribution in [0.4, 0.5) is 0 Å². The van der Waals surface area contributed by atoms with E-state index >= 15 is 0 Å². The Labute approximate surface area is 323 Å². The quantitative estimate of drug-likeness (QED) is 0.105. The fourth-order valence-electron chi connectivity index (χ4n) is 9.74. The van der Waals surface area contributed by atoms with Gasteiger partial charge in [0.2, 0.25) is 0 Å². The maximum atomic E-state index is 5.12. The predicted octanol–water partition coefficient (Wildman–Crippen LogP) is 12.0. The summed E-state index contributed by atoms with van der Waals surface area (Å²) in [5, 5.41) is 3.90. The van der Waals surface area contributed by atoms with Crippen molar-refractivity contribution < 1.29 is 0 Å². The van der Waals surface area contributed by atoms with Crippen LogP contribution in [0.25, 0.3) is 39.0 Å². The number of benzene rings is 2. The van der Waals surface area contributed by atoms with Crippen LogP contribution in [0.2, 0.25) is 0 Å². The largest absolute Gasteiger partial charge is 0.292 e. The molecule has 0 radical (unpaired) electrons. The zero-order valence-corrected chi connectivity index (χ0v) is 31.5. The van der Waals surface area contributed by atoms with Gasteiger partial charge in [0.1, 0.15) is 11.3 Å². The molecule has 1 fully saturated rings. The molecule has 4 aromatic rings. The SMILES string of the molecule is C=C/C=C(\C=C)P(=C)(/C1=C/C/C=C/C2C3=C1[C@@H]32)c1ccc(-c2ccc(C3=CCC4=C(C=C3)n3c(nc5c#cccc53)C3=CC=C5C=CC=CC5C34)cc2)cc1. The van der Waals surface area contributed by atoms with Crippen LogP contribution in [0.5, 0.6) is 0 Å². The number of fused-ring (bicyclic) bond motifs is 11. The van der Waals surface area contributed by atoms with Crippen molar-refractivity contribution in [3.8, 4) is 11.1 Å². The van der Waals surface area contributed by atoms with E-state index in [0.717, 1.165) is 29.7 Å². The monoisotopic (exact) mass is 722 g/mol. The molecule has 5 atom stereocenters. The lowest BCUT2D eigenvalue weighted by Crippen LogP contribution is -2.28. The molecule has 55 heavy (non-hydrogen) atoms. The molecule has 262 valence electrons. The van der Waals surface area contributed by atoms with Gasteiger partial charge in [-0.05, 0) is 104 Å². The number of imidazole rings is 1. The Morgan fingerprint density at radius 2 is 1.65 bits per heavy atom. The Kier molecular flexibility index (Phi) is 7.16. The molecular formula is C52H39N2P. The molecule has 0 amide bonds. The van der Waals surface area contributed by atoms with Gasteiger partial charge in [-0.2, -0.15) is 0 Å². The molecule has 1 aromatic heterocycles. The van der Waals surface area contributed by atoms with Gasteiger partial charge in [-0.1, -0.05) is 159 Å². The maximum absolute atomic E-state index is 5.12. The minimum Gasteiger partial charge on any atom is -0.292 e. The van der Waals surface area contributed by atoms with Crippen LogP contribution < -0.4 is 5.30 Å². The summed E-state index contributed by atoms with van der Waals surface area (Å²) in [6.07, 6.45) is 40.5. The number of rotatable bonds is 7. The summed E-state index contributed by atoms with van der Waals surface area (Å²) in [7, 11) is 0. The normalized spacial score (nSPS) is 26.4. The Balaban J connectivity index is 0.912. The van der Waals surface area contributed by atoms with E-state index in [4.69, 9.17) is 11.3 Å². The molecule has 3 heteroatoms. The second-order valence-electron chi connectivity index (χ2n) is 15.3. The van der Waals surface area contributed by atoms with Crippen molar-refractivity contribution in [2.45, 2.75) is 12.8 Å². The topological polar surface area (TPSA) is 17.8 Å². The van der Waals surface area contributed by atoms with Crippen LogP contribution >= 0.6 is 6.89 Å². The Morgan fingerprint density at radius 3 is 2.45 bits per heavy atom. The zero-order valence-electron chi connectivity index (χ0n) is 30.6. The second-order valence-corrected chi connectivity index (χ2v) is 18.5. The first kappa shape index (κ1) is 32.3. The fourth-order valence-corrected chi connectivity index (χ4v) is 13.0. The smallest absolute Gasteiger partial charge is 0.143 e. The first-order valence-electron chi connectivity index (χ1n) is 19.3. The highest BCUT2D eigenvalue weighted by Crippen LogP contribution is 2.77. The van der Waals surface area contributed by atoms with Gasteiger partial charge < -0.3 is 0 Å². The van der Waals surface area contributed by atoms with Gasteiger partial charge in [-0.3, -0.25) is 4.57 Å². The number of hydrogen-bond donors (Lipinski definition) is 0. The van der Waals surface area contributed by atoms with Gasteiger partial charge in [0, 0.05) is 34.9 Å². The molecule has 6 aliphatic carbocycles. The summed E-state index contributed by atoms with van der Waals surface area (Å²) in [5.74, 6) is 2.85. The van der Waals surface area contributed by atoms with Crippen LogP contribution in [0.3, 0.4) is 0 Å². The molecule has 1 aliphatic heterocycles. The number of nitrogens with zero attached hydrogens (tertiary/aromatic N) is 2. The lowest BCUT2D eigenvalue weighted by Gasteiger charge is -2.38. The van der Waals surface area contributed by atoms with E-state index < -0.39 is 6.89 Å². The summed E-state index contributed by atoms with van der Waals surface area (Å²) in [6.45, 7) is 6.15. The van der Waals surface area contributed by atoms with Crippen LogP contribution in [-0.4, -0.2) is 15.9 Å². The zero-order chi connectivity index (χ0) is 36.8. The number of allylic oxidation sites excluding steroid dienone is 24. The van der Waals surface area contributed by atoms with Gasteiger partial charge in [0.25, 0.3) is 0 Å². The summed E-state index contributed by atoms with van der Waals surface area (Å²) < 4.78 is 2.35. The molecule has 7 aliphatic rings. The van der Waals surface area contributed by atoms with Gasteiger partial charge in [-0.25, -0.2) is 4.98 Å². The summed E-state index contributed by atoms with van der Waals surface area (Å²) >= 11 is 0. The molecular weight excluding hydrogens is 684 g/mol. The van der Waals surface area contributed by atoms with E-state index in [1.165, 1.54) is 60.6 Å². The van der Waals surface area contributed by atoms with Gasteiger partial charge >= 0.3 is 0 Å². The first-order valence-corrected chi connectivity index (χ1v) is 21.3. The van der Waals surface area contributed by atoms with Crippen LogP contribution in [0.1, 0.15) is 24.2 Å². The van der Waals surface area contributed by atoms with Gasteiger partial charge in [-0.15, -0.1) is 0 Å². The highest BCUT2D eigenvalue weighted by Gasteiger charge is 2.62. The Bertz CT molecular complexity index is 2810. The Morgan fingerprint density at radius 1 is 0.855 bits per heavy atom. The summed E-state index contributed by atoms with van der Waals surface area (Å²) in [4.78, 5) is 5.12. The van der Waals surface area contributed by atoms with Crippen LogP contribution in [-0.2, 0) is 0 Å². The van der Waals surface area contributed by atoms with E-state index in [0.29, 0.717) is 17.8 Å². The molecule has 0 N–H and O–H groups in total. The molecule has 2 heterocycles. The van der Waals surface area contributed by atoms with Crippen molar-refractivity contribution in [3.63, 3.8) is 0 Å². The van der Waals surface area contributed by atoms with Crippen molar-refractivity contribution in [2.24, 2.45) is 23.7 Å². The molecule has 2 nitrogen and oxygen atoms in total. The minimum absolute atomic E-state index is 0.230. The van der Waals surface area contributed by atoms with Crippen LogP contribution in [0, 0.1) is 35.8 Å². The highest BCUT2D eigenvalue weighted by molar-refractivity contribution is 7.88. The van der Waals surface area contributed by atoms with E-state index in [-0.39, 0.29) is 5.92 Å². The standard InChI is InChI=1S/C52H39N2P/c1-4-12-38(5-2)55(3,47-18-11-8-15-42-49-50(42)51(47)49)39-28-23-35(24-29-39)33-19-21-34(22-20-33)36-25-30-41-45(32-27-36)54-46-17-10-9-16-44(46)53-52(54)43-31-26-37-13-6-7-14-40(37)48(41)43/h4-8,10,12-15,17-29,31-32,40,42,48-49H,1-3,11,30H2/b15-8+,38-12+,47-18+/t40?,42?,48?,49-,55?/m1/s1. The van der Waals surface area contributed by atoms with Crippen molar-refractivity contribution in [1.29, 1.82) is 0 Å². The fraction of sp³-hybridized carbons (Fsp3) is 0.115. The molecule has 0 saturated heterocycles. The van der Waals surface area contributed by atoms with Gasteiger partial charge in [0.15, 0.2) is 0 Å². The summed E-state index contributed by atoms with van der Waals surface area (Å²) in [6, 6.07) is 28.7. The van der Waals surface area contributed by atoms with Crippen molar-refractivity contribution >= 4 is 46.4 Å². The molecule has 1 saturated carbocycles. The lowest BCUT2D eigenvalue weighted by molar-refractivity contribution is 0.600. The molecule has 0 bridgehead atoms. The van der Waals surface area contributed by atoms with E-state index in [1.54, 1.807) is 11.1 Å². The van der Waals surface area contributed by atoms with E-state index in [2.05, 4.69) is 163 Å². The maximum Gasteiger partial charge on any atom is 0.143 e. The van der Waals surface area contributed by atoms with Crippen molar-refractivity contribution in [2.75, 3.05) is 0 Å². The molecule has 0 spiro atoms. The second kappa shape index (κ2) is 12.2. The lowest BCUT2D eigenvalue weighted by atomic mass is 9.69. The van der Waals surface area contributed by atoms with E-state index in [9.17, 15) is 0 Å². The average molecular weight is 723 g/mol. The third-order valence-corrected chi connectivity index (χ3v) is 16.2. The third kappa shape index (κ3) is 4.80. The molecule has 3 aromatic carbocycles. The third-order valence-electron chi connectivity index (χ3n) is 12.6. The first-order chi connectivity index (χ1) is 27.1. The van der Waals surface area contributed by atoms with Gasteiger partial charge in [0.05, 0.1) is 5.52 Å². The molecule has 4 unspecified atom stereocenters. The number of hydrogen-bond acceptors (Lipinski definition) is 1. The highest BCUT2D eigenvalue weighted by atomic mass is 31.2. The molecule has 11 rings (SSSR count). The van der Waals surface area contributed by atoms with E-state index in [1.807, 2.05) is 18.2 Å². The summed E-state index contributed by atoms with van der Waals surface area (Å²) in [5.41, 5.74) is 15.2. The predicted molar refractivity (Wildman–Crippen MR) is 234 cm³/mol.